The molecule has 0 aliphatic carbocycles. The van der Waals surface area contributed by atoms with Crippen molar-refractivity contribution in [3.05, 3.63) is 82.4 Å². The fourth-order valence-electron chi connectivity index (χ4n) is 2.78. The number of pyridine rings is 1. The number of benzene rings is 1. The van der Waals surface area contributed by atoms with E-state index in [2.05, 4.69) is 54.9 Å². The molecule has 0 unspecified atom stereocenters. The van der Waals surface area contributed by atoms with E-state index in [1.165, 1.54) is 5.56 Å². The highest BCUT2D eigenvalue weighted by Gasteiger charge is 2.06. The van der Waals surface area contributed by atoms with Crippen molar-refractivity contribution >= 4 is 17.7 Å². The van der Waals surface area contributed by atoms with Crippen molar-refractivity contribution in [2.75, 3.05) is 0 Å². The summed E-state index contributed by atoms with van der Waals surface area (Å²) in [7, 11) is 0. The fourth-order valence-corrected chi connectivity index (χ4v) is 2.78. The Kier molecular flexibility index (Phi) is 5.75. The molecule has 2 aromatic rings. The van der Waals surface area contributed by atoms with Crippen LogP contribution < -0.4 is 0 Å². The quantitative estimate of drug-likeness (QED) is 0.681. The van der Waals surface area contributed by atoms with Gasteiger partial charge >= 0.3 is 0 Å². The van der Waals surface area contributed by atoms with E-state index < -0.39 is 0 Å². The summed E-state index contributed by atoms with van der Waals surface area (Å²) in [6.45, 7) is 11.7. The molecule has 0 spiro atoms. The van der Waals surface area contributed by atoms with E-state index in [1.54, 1.807) is 0 Å². The molecule has 0 radical (unpaired) electrons. The van der Waals surface area contributed by atoms with E-state index >= 15 is 0 Å². The van der Waals surface area contributed by atoms with Crippen molar-refractivity contribution in [2.45, 2.75) is 34.1 Å². The van der Waals surface area contributed by atoms with Crippen LogP contribution in [0.3, 0.4) is 0 Å². The molecule has 0 saturated heterocycles. The van der Waals surface area contributed by atoms with Gasteiger partial charge in [-0.25, -0.2) is 0 Å². The topological polar surface area (TPSA) is 33.1 Å². The lowest BCUT2D eigenvalue weighted by atomic mass is 9.95. The molecule has 0 atom stereocenters. The van der Waals surface area contributed by atoms with E-state index in [0.717, 1.165) is 33.7 Å². The van der Waals surface area contributed by atoms with Crippen molar-refractivity contribution in [2.24, 2.45) is 0 Å². The zero-order valence-corrected chi connectivity index (χ0v) is 14.9. The number of aryl methyl sites for hydroxylation is 3. The minimum Gasteiger partial charge on any atom is -0.513 e. The number of hydrogen-bond donors (Lipinski definition) is 1. The van der Waals surface area contributed by atoms with Crippen molar-refractivity contribution in [1.29, 1.82) is 0 Å². The van der Waals surface area contributed by atoms with Crippen LogP contribution in [-0.4, -0.2) is 10.1 Å². The van der Waals surface area contributed by atoms with Gasteiger partial charge in [-0.1, -0.05) is 49.1 Å². The molecule has 1 heterocycles. The van der Waals surface area contributed by atoms with Gasteiger partial charge in [0, 0.05) is 17.8 Å². The molecule has 0 fully saturated rings. The predicted octanol–water partition coefficient (Wildman–Crippen LogP) is 6.04. The lowest BCUT2D eigenvalue weighted by molar-refractivity contribution is 0.406. The number of nitrogens with zero attached hydrogens (tertiary/aromatic N) is 1. The number of aliphatic hydroxyl groups is 1. The smallest absolute Gasteiger partial charge is 0.0894 e. The molecule has 1 aromatic heterocycles. The van der Waals surface area contributed by atoms with Gasteiger partial charge in [0.25, 0.3) is 0 Å². The third-order valence-corrected chi connectivity index (χ3v) is 4.06. The first-order valence-corrected chi connectivity index (χ1v) is 8.16. The summed E-state index contributed by atoms with van der Waals surface area (Å²) in [6.07, 6.45) is 6.72. The number of aromatic nitrogens is 1. The first-order valence-electron chi connectivity index (χ1n) is 8.16. The summed E-state index contributed by atoms with van der Waals surface area (Å²) >= 11 is 0. The van der Waals surface area contributed by atoms with E-state index in [0.29, 0.717) is 6.42 Å². The summed E-state index contributed by atoms with van der Waals surface area (Å²) in [5.41, 5.74) is 7.78. The van der Waals surface area contributed by atoms with Gasteiger partial charge in [-0.3, -0.25) is 4.98 Å². The Hall–Kier alpha value is -2.61. The molecule has 24 heavy (non-hydrogen) atoms. The molecular weight excluding hydrogens is 294 g/mol. The van der Waals surface area contributed by atoms with Crippen LogP contribution in [0.5, 0.6) is 0 Å². The van der Waals surface area contributed by atoms with Crippen LogP contribution in [0, 0.1) is 20.8 Å². The predicted molar refractivity (Wildman–Crippen MR) is 104 cm³/mol. The molecule has 0 aliphatic rings. The minimum absolute atomic E-state index is 0.189. The molecule has 2 heteroatoms. The molecule has 124 valence electrons. The van der Waals surface area contributed by atoms with Gasteiger partial charge in [0.15, 0.2) is 0 Å². The van der Waals surface area contributed by atoms with Gasteiger partial charge in [-0.15, -0.1) is 0 Å². The van der Waals surface area contributed by atoms with E-state index in [1.807, 2.05) is 32.9 Å². The maximum Gasteiger partial charge on any atom is 0.0894 e. The van der Waals surface area contributed by atoms with Gasteiger partial charge in [0.05, 0.1) is 5.76 Å². The van der Waals surface area contributed by atoms with Crippen LogP contribution in [0.4, 0.5) is 0 Å². The molecule has 0 saturated carbocycles. The summed E-state index contributed by atoms with van der Waals surface area (Å²) in [5.74, 6) is 0.189. The highest BCUT2D eigenvalue weighted by atomic mass is 16.3. The summed E-state index contributed by atoms with van der Waals surface area (Å²) in [6, 6.07) is 10.5. The second-order valence-corrected chi connectivity index (χ2v) is 6.09. The molecule has 2 rings (SSSR count). The van der Waals surface area contributed by atoms with Gasteiger partial charge in [-0.2, -0.15) is 0 Å². The molecule has 0 amide bonds. The number of allylic oxidation sites excluding steroid dienone is 2. The van der Waals surface area contributed by atoms with Crippen molar-refractivity contribution < 1.29 is 5.11 Å². The standard InChI is InChI=1S/C22H25NO/c1-6-20(14-17(4)24)22-12-9-19(13-15(22)2)8-11-21-10-7-16(3)23-18(21)5/h6-13,24H,4,14H2,1-3,5H3/b11-8+,20-6-. The third-order valence-electron chi connectivity index (χ3n) is 4.06. The average Bonchev–Trinajstić information content (AvgIpc) is 2.52. The fraction of sp³-hybridized carbons (Fsp3) is 0.227. The Bertz CT molecular complexity index is 813. The van der Waals surface area contributed by atoms with Crippen molar-refractivity contribution in [3.8, 4) is 0 Å². The highest BCUT2D eigenvalue weighted by Crippen LogP contribution is 2.25. The van der Waals surface area contributed by atoms with E-state index in [4.69, 9.17) is 0 Å². The second-order valence-electron chi connectivity index (χ2n) is 6.09. The molecule has 1 aromatic carbocycles. The largest absolute Gasteiger partial charge is 0.513 e. The van der Waals surface area contributed by atoms with Gasteiger partial charge in [-0.05, 0) is 61.6 Å². The molecule has 2 nitrogen and oxygen atoms in total. The Morgan fingerprint density at radius 2 is 1.88 bits per heavy atom. The van der Waals surface area contributed by atoms with Crippen molar-refractivity contribution in [3.63, 3.8) is 0 Å². The van der Waals surface area contributed by atoms with E-state index in [-0.39, 0.29) is 5.76 Å². The molecular formula is C22H25NO. The molecule has 0 bridgehead atoms. The third kappa shape index (κ3) is 4.45. The first kappa shape index (κ1) is 17.7. The lowest BCUT2D eigenvalue weighted by Gasteiger charge is -2.11. The summed E-state index contributed by atoms with van der Waals surface area (Å²) in [4.78, 5) is 4.49. The number of rotatable bonds is 5. The average molecular weight is 319 g/mol. The Balaban J connectivity index is 2.26. The maximum absolute atomic E-state index is 9.46. The van der Waals surface area contributed by atoms with Crippen molar-refractivity contribution in [1.82, 2.24) is 4.98 Å². The minimum atomic E-state index is 0.189. The molecule has 1 N–H and O–H groups in total. The van der Waals surface area contributed by atoms with Crippen LogP contribution in [0.15, 0.2) is 48.7 Å². The normalized spacial score (nSPS) is 11.9. The van der Waals surface area contributed by atoms with Gasteiger partial charge < -0.3 is 5.11 Å². The van der Waals surface area contributed by atoms with E-state index in [9.17, 15) is 5.11 Å². The van der Waals surface area contributed by atoms with Crippen LogP contribution in [0.1, 0.15) is 47.0 Å². The maximum atomic E-state index is 9.46. The Morgan fingerprint density at radius 3 is 2.46 bits per heavy atom. The van der Waals surface area contributed by atoms with Crippen LogP contribution in [-0.2, 0) is 0 Å². The number of hydrogen-bond acceptors (Lipinski definition) is 2. The van der Waals surface area contributed by atoms with Crippen LogP contribution >= 0.6 is 0 Å². The number of aliphatic hydroxyl groups excluding tert-OH is 1. The Morgan fingerprint density at radius 1 is 1.12 bits per heavy atom. The SMILES string of the molecule is C=C(O)C/C(=C/C)c1ccc(/C=C/c2ccc(C)nc2C)cc1C. The highest BCUT2D eigenvalue weighted by molar-refractivity contribution is 5.74. The van der Waals surface area contributed by atoms with Gasteiger partial charge in [0.1, 0.15) is 0 Å². The first-order chi connectivity index (χ1) is 11.4. The zero-order valence-electron chi connectivity index (χ0n) is 14.9. The monoisotopic (exact) mass is 319 g/mol. The second kappa shape index (κ2) is 7.78. The van der Waals surface area contributed by atoms with Crippen LogP contribution in [0.2, 0.25) is 0 Å². The summed E-state index contributed by atoms with van der Waals surface area (Å²) in [5, 5.41) is 9.46. The Labute approximate surface area is 144 Å². The van der Waals surface area contributed by atoms with Crippen LogP contribution in [0.25, 0.3) is 17.7 Å². The lowest BCUT2D eigenvalue weighted by Crippen LogP contribution is -1.92. The summed E-state index contributed by atoms with van der Waals surface area (Å²) < 4.78 is 0. The zero-order chi connectivity index (χ0) is 17.7. The van der Waals surface area contributed by atoms with Gasteiger partial charge in [0.2, 0.25) is 0 Å². The molecule has 0 aliphatic heterocycles.